The Bertz CT molecular complexity index is 855. The maximum Gasteiger partial charge on any atom is 0.416 e. The summed E-state index contributed by atoms with van der Waals surface area (Å²) in [5, 5.41) is 21.1. The van der Waals surface area contributed by atoms with Gasteiger partial charge in [0.05, 0.1) is 30.9 Å². The Morgan fingerprint density at radius 2 is 1.87 bits per heavy atom. The number of alkyl halides is 3. The van der Waals surface area contributed by atoms with Crippen LogP contribution in [0, 0.1) is 0 Å². The van der Waals surface area contributed by atoms with Crippen LogP contribution in [0.2, 0.25) is 0 Å². The Labute approximate surface area is 173 Å². The third-order valence-electron chi connectivity index (χ3n) is 5.31. The van der Waals surface area contributed by atoms with Gasteiger partial charge in [0.2, 0.25) is 5.91 Å². The third-order valence-corrected chi connectivity index (χ3v) is 5.31. The van der Waals surface area contributed by atoms with Crippen LogP contribution >= 0.6 is 0 Å². The van der Waals surface area contributed by atoms with Gasteiger partial charge in [-0.05, 0) is 41.7 Å². The molecule has 0 saturated carbocycles. The number of hydrogen-bond donors (Lipinski definition) is 3. The van der Waals surface area contributed by atoms with Crippen LogP contribution in [0.3, 0.4) is 0 Å². The zero-order valence-electron chi connectivity index (χ0n) is 16.4. The smallest absolute Gasteiger partial charge is 0.394 e. The number of aliphatic hydroxyl groups is 2. The van der Waals surface area contributed by atoms with Crippen LogP contribution < -0.4 is 5.32 Å². The van der Waals surface area contributed by atoms with E-state index in [0.29, 0.717) is 24.9 Å². The van der Waals surface area contributed by atoms with Gasteiger partial charge in [-0.2, -0.15) is 13.2 Å². The lowest BCUT2D eigenvalue weighted by Crippen LogP contribution is -2.46. The van der Waals surface area contributed by atoms with Gasteiger partial charge in [-0.15, -0.1) is 0 Å². The minimum absolute atomic E-state index is 0.00272. The monoisotopic (exact) mass is 422 g/mol. The molecule has 8 heteroatoms. The number of rotatable bonds is 7. The molecule has 0 radical (unpaired) electrons. The van der Waals surface area contributed by atoms with E-state index in [-0.39, 0.29) is 25.0 Å². The fourth-order valence-corrected chi connectivity index (χ4v) is 3.74. The van der Waals surface area contributed by atoms with E-state index in [1.54, 1.807) is 4.90 Å². The van der Waals surface area contributed by atoms with Gasteiger partial charge in [0.15, 0.2) is 0 Å². The molecule has 0 fully saturated rings. The molecule has 0 aliphatic carbocycles. The summed E-state index contributed by atoms with van der Waals surface area (Å²) in [4.78, 5) is 14.6. The quantitative estimate of drug-likeness (QED) is 0.641. The molecular weight excluding hydrogens is 397 g/mol. The summed E-state index contributed by atoms with van der Waals surface area (Å²) in [6.45, 7) is 0.208. The summed E-state index contributed by atoms with van der Waals surface area (Å²) in [5.41, 5.74) is 2.13. The number of hydrogen-bond acceptors (Lipinski definition) is 4. The number of benzene rings is 2. The molecule has 30 heavy (non-hydrogen) atoms. The van der Waals surface area contributed by atoms with E-state index in [1.807, 2.05) is 24.3 Å². The molecule has 3 N–H and O–H groups in total. The van der Waals surface area contributed by atoms with Crippen LogP contribution in [-0.4, -0.2) is 53.4 Å². The van der Waals surface area contributed by atoms with Crippen molar-refractivity contribution in [2.24, 2.45) is 0 Å². The normalized spacial score (nSPS) is 17.5. The average Bonchev–Trinajstić information content (AvgIpc) is 2.73. The Kier molecular flexibility index (Phi) is 7.12. The van der Waals surface area contributed by atoms with Crippen molar-refractivity contribution in [1.29, 1.82) is 0 Å². The SMILES string of the molecule is O=C(CNCC(O)CO)N1CCc2ccccc2C1Cc1ccc(C(F)(F)F)cc1. The highest BCUT2D eigenvalue weighted by atomic mass is 19.4. The van der Waals surface area contributed by atoms with E-state index < -0.39 is 24.5 Å². The highest BCUT2D eigenvalue weighted by Gasteiger charge is 2.32. The van der Waals surface area contributed by atoms with Crippen molar-refractivity contribution in [3.8, 4) is 0 Å². The first kappa shape index (κ1) is 22.3. The summed E-state index contributed by atoms with van der Waals surface area (Å²) < 4.78 is 38.6. The molecule has 162 valence electrons. The summed E-state index contributed by atoms with van der Waals surface area (Å²) >= 11 is 0. The van der Waals surface area contributed by atoms with Gasteiger partial charge in [0.1, 0.15) is 0 Å². The Hall–Kier alpha value is -2.42. The molecule has 5 nitrogen and oxygen atoms in total. The van der Waals surface area contributed by atoms with Crippen LogP contribution in [-0.2, 0) is 23.8 Å². The fraction of sp³-hybridized carbons (Fsp3) is 0.409. The van der Waals surface area contributed by atoms with Crippen molar-refractivity contribution in [3.05, 3.63) is 70.8 Å². The molecule has 1 aliphatic rings. The average molecular weight is 422 g/mol. The van der Waals surface area contributed by atoms with Gasteiger partial charge in [0.25, 0.3) is 0 Å². The molecule has 2 atom stereocenters. The maximum atomic E-state index is 12.9. The summed E-state index contributed by atoms with van der Waals surface area (Å²) in [6.07, 6.45) is -4.23. The van der Waals surface area contributed by atoms with Crippen molar-refractivity contribution < 1.29 is 28.2 Å². The van der Waals surface area contributed by atoms with Gasteiger partial charge in [-0.1, -0.05) is 36.4 Å². The van der Waals surface area contributed by atoms with E-state index >= 15 is 0 Å². The highest BCUT2D eigenvalue weighted by molar-refractivity contribution is 5.79. The number of fused-ring (bicyclic) bond motifs is 1. The predicted octanol–water partition coefficient (Wildman–Crippen LogP) is 2.32. The fourth-order valence-electron chi connectivity index (χ4n) is 3.74. The molecule has 2 aromatic carbocycles. The number of halogens is 3. The van der Waals surface area contributed by atoms with E-state index in [9.17, 15) is 23.1 Å². The highest BCUT2D eigenvalue weighted by Crippen LogP contribution is 2.34. The zero-order valence-corrected chi connectivity index (χ0v) is 16.4. The molecule has 0 bridgehead atoms. The van der Waals surface area contributed by atoms with Gasteiger partial charge in [-0.3, -0.25) is 4.79 Å². The van der Waals surface area contributed by atoms with Gasteiger partial charge in [0, 0.05) is 13.1 Å². The second-order valence-electron chi connectivity index (χ2n) is 7.42. The van der Waals surface area contributed by atoms with Crippen LogP contribution in [0.25, 0.3) is 0 Å². The first-order valence-corrected chi connectivity index (χ1v) is 9.82. The molecular formula is C22H25F3N2O3. The second-order valence-corrected chi connectivity index (χ2v) is 7.42. The number of amides is 1. The lowest BCUT2D eigenvalue weighted by molar-refractivity contribution is -0.137. The number of nitrogens with zero attached hydrogens (tertiary/aromatic N) is 1. The Balaban J connectivity index is 1.78. The number of carbonyl (C=O) groups excluding carboxylic acids is 1. The molecule has 3 rings (SSSR count). The largest absolute Gasteiger partial charge is 0.416 e. The summed E-state index contributed by atoms with van der Waals surface area (Å²) in [6, 6.07) is 12.5. The van der Waals surface area contributed by atoms with Crippen molar-refractivity contribution in [2.45, 2.75) is 31.2 Å². The van der Waals surface area contributed by atoms with Gasteiger partial charge >= 0.3 is 6.18 Å². The Morgan fingerprint density at radius 1 is 1.17 bits per heavy atom. The number of aliphatic hydroxyl groups excluding tert-OH is 2. The first-order chi connectivity index (χ1) is 14.3. The van der Waals surface area contributed by atoms with Crippen molar-refractivity contribution in [3.63, 3.8) is 0 Å². The molecule has 1 aliphatic heterocycles. The molecule has 2 aromatic rings. The lowest BCUT2D eigenvalue weighted by Gasteiger charge is -2.38. The minimum Gasteiger partial charge on any atom is -0.394 e. The van der Waals surface area contributed by atoms with Crippen LogP contribution in [0.5, 0.6) is 0 Å². The maximum absolute atomic E-state index is 12.9. The summed E-state index contributed by atoms with van der Waals surface area (Å²) in [5.74, 6) is -0.161. The molecule has 2 unspecified atom stereocenters. The van der Waals surface area contributed by atoms with Gasteiger partial charge in [-0.25, -0.2) is 0 Å². The van der Waals surface area contributed by atoms with Crippen LogP contribution in [0.15, 0.2) is 48.5 Å². The topological polar surface area (TPSA) is 72.8 Å². The number of carbonyl (C=O) groups is 1. The minimum atomic E-state index is -4.39. The molecule has 0 aromatic heterocycles. The third kappa shape index (κ3) is 5.38. The van der Waals surface area contributed by atoms with E-state index in [1.165, 1.54) is 12.1 Å². The molecule has 1 heterocycles. The van der Waals surface area contributed by atoms with Crippen molar-refractivity contribution >= 4 is 5.91 Å². The van der Waals surface area contributed by atoms with E-state index in [2.05, 4.69) is 5.32 Å². The number of nitrogens with one attached hydrogen (secondary N) is 1. The van der Waals surface area contributed by atoms with Crippen molar-refractivity contribution in [1.82, 2.24) is 10.2 Å². The standard InChI is InChI=1S/C22H25F3N2O3/c23-22(24,25)17-7-5-15(6-8-17)11-20-19-4-2-1-3-16(19)9-10-27(20)21(30)13-26-12-18(29)14-28/h1-8,18,20,26,28-29H,9-14H2. The van der Waals surface area contributed by atoms with Crippen LogP contribution in [0.1, 0.15) is 28.3 Å². The zero-order chi connectivity index (χ0) is 21.7. The summed E-state index contributed by atoms with van der Waals surface area (Å²) in [7, 11) is 0. The lowest BCUT2D eigenvalue weighted by atomic mass is 9.88. The van der Waals surface area contributed by atoms with E-state index in [4.69, 9.17) is 5.11 Å². The van der Waals surface area contributed by atoms with E-state index in [0.717, 1.165) is 23.3 Å². The Morgan fingerprint density at radius 3 is 2.53 bits per heavy atom. The molecule has 1 amide bonds. The molecule has 0 saturated heterocycles. The van der Waals surface area contributed by atoms with Crippen molar-refractivity contribution in [2.75, 3.05) is 26.2 Å². The molecule has 0 spiro atoms. The van der Waals surface area contributed by atoms with Gasteiger partial charge < -0.3 is 20.4 Å². The first-order valence-electron chi connectivity index (χ1n) is 9.82. The second kappa shape index (κ2) is 9.59. The van der Waals surface area contributed by atoms with Crippen LogP contribution in [0.4, 0.5) is 13.2 Å². The predicted molar refractivity (Wildman–Crippen MR) is 106 cm³/mol.